The molecule has 3 aromatic rings. The molecule has 0 radical (unpaired) electrons. The van der Waals surface area contributed by atoms with Gasteiger partial charge in [0.15, 0.2) is 5.13 Å². The fourth-order valence-electron chi connectivity index (χ4n) is 10.4. The maximum Gasteiger partial charge on any atom is 0.573 e. The first-order chi connectivity index (χ1) is 37.0. The number of hydrogen-bond acceptors (Lipinski definition) is 19. The summed E-state index contributed by atoms with van der Waals surface area (Å²) in [5, 5.41) is 48.9. The average molecular weight is 1130 g/mol. The number of nitrogens with zero attached hydrogens (tertiary/aromatic N) is 3. The lowest BCUT2D eigenvalue weighted by molar-refractivity contribution is -0.274. The molecule has 5 bridgehead atoms. The van der Waals surface area contributed by atoms with Crippen LogP contribution < -0.4 is 25.8 Å². The van der Waals surface area contributed by atoms with E-state index in [0.717, 1.165) is 31.0 Å². The molecule has 5 aliphatic rings. The lowest BCUT2D eigenvalue weighted by Crippen LogP contribution is -2.50. The van der Waals surface area contributed by atoms with Gasteiger partial charge in [-0.2, -0.15) is 0 Å². The first-order valence-corrected chi connectivity index (χ1v) is 26.9. The minimum absolute atomic E-state index is 0.0164. The molecule has 1 fully saturated rings. The lowest BCUT2D eigenvalue weighted by Gasteiger charge is -2.38. The summed E-state index contributed by atoms with van der Waals surface area (Å²) >= 11 is 1.11. The molecule has 0 saturated carbocycles. The summed E-state index contributed by atoms with van der Waals surface area (Å²) < 4.78 is 63.9. The summed E-state index contributed by atoms with van der Waals surface area (Å²) in [7, 11) is 1.46. The molecule has 0 unspecified atom stereocenters. The number of likely N-dealkylation sites (tertiary alicyclic amines) is 1. The van der Waals surface area contributed by atoms with Crippen molar-refractivity contribution in [2.75, 3.05) is 39.1 Å². The van der Waals surface area contributed by atoms with Gasteiger partial charge in [0.1, 0.15) is 34.7 Å². The van der Waals surface area contributed by atoms with Gasteiger partial charge in [-0.05, 0) is 44.9 Å². The van der Waals surface area contributed by atoms with Crippen LogP contribution in [-0.4, -0.2) is 135 Å². The number of anilines is 1. The molecular weight excluding hydrogens is 1050 g/mol. The number of carbonyl (C=O) groups excluding carboxylic acids is 4. The minimum atomic E-state index is -4.68. The van der Waals surface area contributed by atoms with E-state index >= 15 is 0 Å². The van der Waals surface area contributed by atoms with Crippen LogP contribution in [0.3, 0.4) is 0 Å². The van der Waals surface area contributed by atoms with E-state index in [2.05, 4.69) is 39.1 Å². The number of phenolic OH excluding ortho intramolecular Hbond substituents is 1. The number of amides is 1. The number of nitrogens with two attached hydrogens (primary N) is 1. The van der Waals surface area contributed by atoms with Crippen molar-refractivity contribution in [1.29, 1.82) is 0 Å². The van der Waals surface area contributed by atoms with Crippen LogP contribution in [0.5, 0.6) is 17.2 Å². The van der Waals surface area contributed by atoms with E-state index in [-0.39, 0.29) is 63.0 Å². The van der Waals surface area contributed by atoms with E-state index in [9.17, 15) is 47.7 Å². The number of alkyl halides is 3. The second kappa shape index (κ2) is 25.0. The zero-order chi connectivity index (χ0) is 58.6. The summed E-state index contributed by atoms with van der Waals surface area (Å²) in [6.07, 6.45) is 0.380. The number of aromatic nitrogens is 1. The standard InChI is InChI=1S/C46H62N4O11.C8H5F3N2OS.C2H6O/c1-22(2)21-50-18-16-46(17-19-50)48-34-31-32-39(54)28(8)42-33(31)43(56)45(10,61-42)59-20-15-30(58-11)25(5)41(60-29(9)51)27(7)38(53)26(6)37(52)23(3)13-12-14-24(4)44(57)47-36(40(32)55)35(34)49-46;9-8(10,11)14-4-1-2-5-6(3-4)15-7(12)13-5;1-2-3/h12-15,20,22-23,25-27,30,37-38,41,49,52-54H,16-19,21H2,1-11H3,(H,47,57);1-3H,(H2,12,13);3H,2H2,1H3/b13-12+,20-15+,24-14-;;/t23-,25+,26+,27+,30-,37-,38+,41+,45-;;/m0../s1. The summed E-state index contributed by atoms with van der Waals surface area (Å²) in [6.45, 7) is 21.4. The molecule has 2 aromatic carbocycles. The van der Waals surface area contributed by atoms with Crippen LogP contribution in [0.1, 0.15) is 114 Å². The number of rotatable bonds is 5. The number of esters is 1. The third-order valence-corrected chi connectivity index (χ3v) is 15.4. The number of ether oxygens (including phenoxy) is 5. The number of hydrogen-bond donors (Lipinski definition) is 7. The Hall–Kier alpha value is -6.37. The van der Waals surface area contributed by atoms with Gasteiger partial charge in [-0.3, -0.25) is 24.2 Å². The molecule has 1 aliphatic carbocycles. The smallest absolute Gasteiger partial charge is 0.507 e. The number of thiazole rings is 1. The number of nitrogen functional groups attached to an aromatic ring is 1. The molecular formula is C56H73F3N6O13S. The molecule has 1 aromatic heterocycles. The van der Waals surface area contributed by atoms with Crippen molar-refractivity contribution in [3.05, 3.63) is 88.0 Å². The van der Waals surface area contributed by atoms with E-state index in [1.54, 1.807) is 65.8 Å². The van der Waals surface area contributed by atoms with Gasteiger partial charge in [0, 0.05) is 106 Å². The Kier molecular flexibility index (Phi) is 19.5. The number of methoxy groups -OCH3 is 1. The van der Waals surface area contributed by atoms with Gasteiger partial charge < -0.3 is 65.4 Å². The highest BCUT2D eigenvalue weighted by molar-refractivity contribution is 7.22. The second-order valence-electron chi connectivity index (χ2n) is 21.1. The van der Waals surface area contributed by atoms with Gasteiger partial charge in [0.25, 0.3) is 11.7 Å². The van der Waals surface area contributed by atoms with Crippen LogP contribution in [0.2, 0.25) is 0 Å². The molecule has 9 atom stereocenters. The second-order valence-corrected chi connectivity index (χ2v) is 22.1. The molecule has 1 saturated heterocycles. The number of aliphatic imine (C=N–C) groups is 1. The van der Waals surface area contributed by atoms with Crippen molar-refractivity contribution in [1.82, 2.24) is 20.5 Å². The fraction of sp³-hybridized carbons (Fsp3) is 0.536. The molecule has 8 rings (SSSR count). The summed E-state index contributed by atoms with van der Waals surface area (Å²) in [6, 6.07) is 3.90. The molecule has 19 nitrogen and oxygen atoms in total. The molecule has 23 heteroatoms. The highest BCUT2D eigenvalue weighted by atomic mass is 32.1. The number of aromatic hydroxyl groups is 1. The number of Topliss-reactive ketones (excluding diaryl/α,β-unsaturated/α-hetero) is 2. The van der Waals surface area contributed by atoms with Crippen LogP contribution in [-0.2, 0) is 23.8 Å². The largest absolute Gasteiger partial charge is 0.573 e. The van der Waals surface area contributed by atoms with Crippen LogP contribution in [0, 0.1) is 36.5 Å². The Balaban J connectivity index is 0.000000473. The van der Waals surface area contributed by atoms with E-state index in [1.165, 1.54) is 52.3 Å². The Bertz CT molecular complexity index is 2950. The number of allylic oxidation sites excluding steroid dienone is 4. The number of piperidine rings is 1. The number of benzene rings is 2. The van der Waals surface area contributed by atoms with Gasteiger partial charge in [0.2, 0.25) is 5.78 Å². The normalized spacial score (nSPS) is 28.6. The Morgan fingerprint density at radius 3 is 2.27 bits per heavy atom. The van der Waals surface area contributed by atoms with Crippen LogP contribution in [0.25, 0.3) is 10.2 Å². The zero-order valence-corrected chi connectivity index (χ0v) is 47.3. The van der Waals surface area contributed by atoms with Gasteiger partial charge in [-0.1, -0.05) is 71.1 Å². The number of aliphatic hydroxyl groups is 3. The van der Waals surface area contributed by atoms with Gasteiger partial charge in [-0.15, -0.1) is 13.2 Å². The quantitative estimate of drug-likeness (QED) is 0.123. The van der Waals surface area contributed by atoms with Crippen LogP contribution in [0.4, 0.5) is 18.3 Å². The number of phenols is 1. The molecule has 1 amide bonds. The predicted octanol–water partition coefficient (Wildman–Crippen LogP) is 7.39. The van der Waals surface area contributed by atoms with Crippen molar-refractivity contribution < 1.29 is 76.5 Å². The Morgan fingerprint density at radius 2 is 1.66 bits per heavy atom. The maximum absolute atomic E-state index is 14.7. The molecule has 79 heavy (non-hydrogen) atoms. The minimum Gasteiger partial charge on any atom is -0.507 e. The lowest BCUT2D eigenvalue weighted by atomic mass is 9.78. The molecule has 5 heterocycles. The monoisotopic (exact) mass is 1130 g/mol. The number of halogens is 3. The Morgan fingerprint density at radius 1 is 1.00 bits per heavy atom. The first kappa shape index (κ1) is 61.8. The first-order valence-electron chi connectivity index (χ1n) is 26.1. The van der Waals surface area contributed by atoms with Crippen molar-refractivity contribution in [2.24, 2.45) is 34.6 Å². The van der Waals surface area contributed by atoms with E-state index in [0.29, 0.717) is 34.1 Å². The maximum atomic E-state index is 14.7. The van der Waals surface area contributed by atoms with Gasteiger partial charge in [0.05, 0.1) is 57.3 Å². The SMILES string of the molecule is CCO.CO[C@H]1/C=C/O[C@@]2(C)Oc3c(C)c(O)c4c(c3C2=O)C2=NC3(CCN(CC(C)C)CC3)NC2=C(NC(=O)/C(C)=C\C=C\[C@H](C)[C@H](O)[C@@H](C)[C@@H](O)[C@@H](C)[C@H](OC(C)=O)[C@@H]1C)C4=O.Nc1nc2ccc(OC(F)(F)F)cc2s1. The van der Waals surface area contributed by atoms with E-state index < -0.39 is 95.1 Å². The molecule has 4 aliphatic heterocycles. The molecule has 432 valence electrons. The zero-order valence-electron chi connectivity index (χ0n) is 46.5. The predicted molar refractivity (Wildman–Crippen MR) is 290 cm³/mol. The third-order valence-electron chi connectivity index (χ3n) is 14.6. The highest BCUT2D eigenvalue weighted by Crippen LogP contribution is 2.50. The molecule has 1 spiro atoms. The van der Waals surface area contributed by atoms with Crippen molar-refractivity contribution in [3.63, 3.8) is 0 Å². The van der Waals surface area contributed by atoms with Gasteiger partial charge in [-0.25, -0.2) is 4.98 Å². The summed E-state index contributed by atoms with van der Waals surface area (Å²) in [5.41, 5.74) is 5.78. The topological polar surface area (TPSA) is 274 Å². The van der Waals surface area contributed by atoms with E-state index in [4.69, 9.17) is 34.8 Å². The van der Waals surface area contributed by atoms with Crippen molar-refractivity contribution in [3.8, 4) is 17.2 Å². The number of ketones is 2. The van der Waals surface area contributed by atoms with Gasteiger partial charge >= 0.3 is 18.1 Å². The number of carbonyl (C=O) groups is 4. The van der Waals surface area contributed by atoms with Crippen molar-refractivity contribution >= 4 is 55.8 Å². The number of fused-ring (bicyclic) bond motifs is 4. The number of aliphatic hydroxyl groups excluding tert-OH is 3. The Labute approximate surface area is 461 Å². The van der Waals surface area contributed by atoms with Crippen LogP contribution >= 0.6 is 11.3 Å². The van der Waals surface area contributed by atoms with Crippen LogP contribution in [0.15, 0.2) is 70.7 Å². The van der Waals surface area contributed by atoms with E-state index in [1.807, 2.05) is 0 Å². The highest BCUT2D eigenvalue weighted by Gasteiger charge is 2.54. The average Bonchev–Trinajstić information content (AvgIpc) is 4.24. The fourth-order valence-corrected chi connectivity index (χ4v) is 11.2. The van der Waals surface area contributed by atoms with Crippen molar-refractivity contribution in [2.45, 2.75) is 131 Å². The molecule has 8 N–H and O–H groups in total. The number of nitrogens with one attached hydrogen (secondary N) is 2. The third kappa shape index (κ3) is 13.6. The summed E-state index contributed by atoms with van der Waals surface area (Å²) in [5.74, 6) is -7.05. The summed E-state index contributed by atoms with van der Waals surface area (Å²) in [4.78, 5) is 67.2.